The molecule has 4 rings (SSSR count). The van der Waals surface area contributed by atoms with E-state index in [1.807, 2.05) is 41.3 Å². The highest BCUT2D eigenvalue weighted by atomic mass is 16.6. The van der Waals surface area contributed by atoms with Crippen molar-refractivity contribution in [2.75, 3.05) is 26.9 Å². The predicted octanol–water partition coefficient (Wildman–Crippen LogP) is 3.44. The Balaban J connectivity index is 1.60. The summed E-state index contributed by atoms with van der Waals surface area (Å²) in [5, 5.41) is 0. The molecule has 2 aromatic rings. The fourth-order valence-electron chi connectivity index (χ4n) is 3.55. The van der Waals surface area contributed by atoms with Crippen LogP contribution in [0.25, 0.3) is 0 Å². The van der Waals surface area contributed by atoms with Crippen LogP contribution in [0.2, 0.25) is 0 Å². The summed E-state index contributed by atoms with van der Waals surface area (Å²) in [6, 6.07) is 13.4. The zero-order chi connectivity index (χ0) is 17.2. The van der Waals surface area contributed by atoms with E-state index in [-0.39, 0.29) is 11.9 Å². The minimum atomic E-state index is 0.0382. The number of fused-ring (bicyclic) bond motifs is 1. The van der Waals surface area contributed by atoms with Gasteiger partial charge in [-0.1, -0.05) is 12.1 Å². The normalized spacial score (nSPS) is 18.9. The number of carbonyl (C=O) groups is 1. The number of methoxy groups -OCH3 is 1. The molecule has 130 valence electrons. The smallest absolute Gasteiger partial charge is 0.254 e. The van der Waals surface area contributed by atoms with Crippen molar-refractivity contribution >= 4 is 5.91 Å². The molecular weight excluding hydrogens is 318 g/mol. The lowest BCUT2D eigenvalue weighted by Gasteiger charge is -2.27. The standard InChI is InChI=1S/C20H21NO4/c1-23-16-5-2-4-15(12-16)20(22)21-9-3-6-17(21)14-7-8-18-19(13-14)25-11-10-24-18/h2,4-5,7-8,12-13,17H,3,6,9-11H2,1H3. The fourth-order valence-corrected chi connectivity index (χ4v) is 3.55. The van der Waals surface area contributed by atoms with Crippen molar-refractivity contribution < 1.29 is 19.0 Å². The van der Waals surface area contributed by atoms with Gasteiger partial charge >= 0.3 is 0 Å². The number of carbonyl (C=O) groups excluding carboxylic acids is 1. The van der Waals surface area contributed by atoms with Gasteiger partial charge < -0.3 is 19.1 Å². The van der Waals surface area contributed by atoms with Gasteiger partial charge in [-0.15, -0.1) is 0 Å². The van der Waals surface area contributed by atoms with Crippen molar-refractivity contribution in [2.24, 2.45) is 0 Å². The summed E-state index contributed by atoms with van der Waals surface area (Å²) < 4.78 is 16.5. The summed E-state index contributed by atoms with van der Waals surface area (Å²) in [5.41, 5.74) is 1.75. The van der Waals surface area contributed by atoms with E-state index in [1.165, 1.54) is 0 Å². The molecular formula is C20H21NO4. The van der Waals surface area contributed by atoms with Gasteiger partial charge in [-0.3, -0.25) is 4.79 Å². The molecule has 2 heterocycles. The number of nitrogens with zero attached hydrogens (tertiary/aromatic N) is 1. The van der Waals surface area contributed by atoms with Crippen LogP contribution in [0, 0.1) is 0 Å². The van der Waals surface area contributed by atoms with Crippen LogP contribution in [0.5, 0.6) is 17.2 Å². The molecule has 0 N–H and O–H groups in total. The minimum Gasteiger partial charge on any atom is -0.497 e. The molecule has 2 aliphatic rings. The van der Waals surface area contributed by atoms with E-state index in [9.17, 15) is 4.79 Å². The Bertz CT molecular complexity index is 789. The number of benzene rings is 2. The number of hydrogen-bond acceptors (Lipinski definition) is 4. The zero-order valence-corrected chi connectivity index (χ0v) is 14.2. The van der Waals surface area contributed by atoms with Crippen molar-refractivity contribution in [3.05, 3.63) is 53.6 Å². The van der Waals surface area contributed by atoms with Crippen LogP contribution >= 0.6 is 0 Å². The largest absolute Gasteiger partial charge is 0.497 e. The maximum absolute atomic E-state index is 13.0. The van der Waals surface area contributed by atoms with Gasteiger partial charge in [-0.05, 0) is 48.7 Å². The number of rotatable bonds is 3. The molecule has 0 radical (unpaired) electrons. The third kappa shape index (κ3) is 3.02. The predicted molar refractivity (Wildman–Crippen MR) is 93.4 cm³/mol. The van der Waals surface area contributed by atoms with Gasteiger partial charge in [0, 0.05) is 12.1 Å². The van der Waals surface area contributed by atoms with Crippen molar-refractivity contribution in [2.45, 2.75) is 18.9 Å². The van der Waals surface area contributed by atoms with Crippen molar-refractivity contribution in [1.82, 2.24) is 4.90 Å². The van der Waals surface area contributed by atoms with Crippen molar-refractivity contribution in [3.63, 3.8) is 0 Å². The molecule has 1 fully saturated rings. The highest BCUT2D eigenvalue weighted by Crippen LogP contribution is 2.38. The number of amides is 1. The first-order valence-corrected chi connectivity index (χ1v) is 8.61. The average molecular weight is 339 g/mol. The third-order valence-corrected chi connectivity index (χ3v) is 4.78. The second kappa shape index (κ2) is 6.67. The average Bonchev–Trinajstić information content (AvgIpc) is 3.17. The Labute approximate surface area is 147 Å². The number of ether oxygens (including phenoxy) is 3. The van der Waals surface area contributed by atoms with Gasteiger partial charge in [0.15, 0.2) is 11.5 Å². The Hall–Kier alpha value is -2.69. The molecule has 1 unspecified atom stereocenters. The highest BCUT2D eigenvalue weighted by molar-refractivity contribution is 5.95. The molecule has 1 amide bonds. The first-order valence-electron chi connectivity index (χ1n) is 8.61. The van der Waals surface area contributed by atoms with Crippen molar-refractivity contribution in [3.8, 4) is 17.2 Å². The van der Waals surface area contributed by atoms with E-state index in [2.05, 4.69) is 0 Å². The molecule has 2 aliphatic heterocycles. The van der Waals surface area contributed by atoms with Gasteiger partial charge in [0.1, 0.15) is 19.0 Å². The number of likely N-dealkylation sites (tertiary alicyclic amines) is 1. The number of hydrogen-bond donors (Lipinski definition) is 0. The summed E-state index contributed by atoms with van der Waals surface area (Å²) in [4.78, 5) is 14.9. The van der Waals surface area contributed by atoms with Crippen LogP contribution in [-0.4, -0.2) is 37.7 Å². The maximum Gasteiger partial charge on any atom is 0.254 e. The summed E-state index contributed by atoms with van der Waals surface area (Å²) in [6.45, 7) is 1.90. The van der Waals surface area contributed by atoms with Crippen LogP contribution in [-0.2, 0) is 0 Å². The first-order chi connectivity index (χ1) is 12.3. The maximum atomic E-state index is 13.0. The Morgan fingerprint density at radius 1 is 1.12 bits per heavy atom. The molecule has 1 atom stereocenters. The van der Waals surface area contributed by atoms with Crippen LogP contribution in [0.15, 0.2) is 42.5 Å². The monoisotopic (exact) mass is 339 g/mol. The Morgan fingerprint density at radius 3 is 2.80 bits per heavy atom. The summed E-state index contributed by atoms with van der Waals surface area (Å²) in [7, 11) is 1.61. The highest BCUT2D eigenvalue weighted by Gasteiger charge is 2.31. The second-order valence-electron chi connectivity index (χ2n) is 6.29. The van der Waals surface area contributed by atoms with E-state index < -0.39 is 0 Å². The molecule has 0 spiro atoms. The topological polar surface area (TPSA) is 48.0 Å². The van der Waals surface area contributed by atoms with Gasteiger partial charge in [0.25, 0.3) is 5.91 Å². The SMILES string of the molecule is COc1cccc(C(=O)N2CCCC2c2ccc3c(c2)OCCO3)c1. The van der Waals surface area contributed by atoms with E-state index in [0.717, 1.165) is 36.4 Å². The minimum absolute atomic E-state index is 0.0382. The van der Waals surface area contributed by atoms with E-state index in [4.69, 9.17) is 14.2 Å². The summed E-state index contributed by atoms with van der Waals surface area (Å²) in [6.07, 6.45) is 1.95. The molecule has 0 bridgehead atoms. The van der Waals surface area contributed by atoms with Crippen LogP contribution in [0.1, 0.15) is 34.8 Å². The van der Waals surface area contributed by atoms with E-state index in [1.54, 1.807) is 13.2 Å². The quantitative estimate of drug-likeness (QED) is 0.859. The molecule has 5 nitrogen and oxygen atoms in total. The van der Waals surface area contributed by atoms with E-state index in [0.29, 0.717) is 24.5 Å². The van der Waals surface area contributed by atoms with Gasteiger partial charge in [0.05, 0.1) is 13.2 Å². The van der Waals surface area contributed by atoms with Gasteiger partial charge in [-0.25, -0.2) is 0 Å². The molecule has 25 heavy (non-hydrogen) atoms. The van der Waals surface area contributed by atoms with Crippen LogP contribution < -0.4 is 14.2 Å². The van der Waals surface area contributed by atoms with Gasteiger partial charge in [-0.2, -0.15) is 0 Å². The lowest BCUT2D eigenvalue weighted by atomic mass is 10.0. The first kappa shape index (κ1) is 15.8. The lowest BCUT2D eigenvalue weighted by Crippen LogP contribution is -2.30. The lowest BCUT2D eigenvalue weighted by molar-refractivity contribution is 0.0734. The summed E-state index contributed by atoms with van der Waals surface area (Å²) >= 11 is 0. The Morgan fingerprint density at radius 2 is 1.96 bits per heavy atom. The fraction of sp³-hybridized carbons (Fsp3) is 0.350. The zero-order valence-electron chi connectivity index (χ0n) is 14.2. The van der Waals surface area contributed by atoms with Crippen LogP contribution in [0.4, 0.5) is 0 Å². The molecule has 5 heteroatoms. The third-order valence-electron chi connectivity index (χ3n) is 4.78. The molecule has 0 aromatic heterocycles. The molecule has 0 aliphatic carbocycles. The second-order valence-corrected chi connectivity index (χ2v) is 6.29. The molecule has 0 saturated carbocycles. The Kier molecular flexibility index (Phi) is 4.22. The van der Waals surface area contributed by atoms with Gasteiger partial charge in [0.2, 0.25) is 0 Å². The van der Waals surface area contributed by atoms with Crippen LogP contribution in [0.3, 0.4) is 0 Å². The van der Waals surface area contributed by atoms with E-state index >= 15 is 0 Å². The molecule has 1 saturated heterocycles. The van der Waals surface area contributed by atoms with Crippen molar-refractivity contribution in [1.29, 1.82) is 0 Å². The molecule has 2 aromatic carbocycles. The summed E-state index contributed by atoms with van der Waals surface area (Å²) in [5.74, 6) is 2.28.